The van der Waals surface area contributed by atoms with Gasteiger partial charge in [0.2, 0.25) is 0 Å². The third-order valence-electron chi connectivity index (χ3n) is 3.19. The van der Waals surface area contributed by atoms with Crippen molar-refractivity contribution in [1.82, 2.24) is 5.43 Å². The Hall–Kier alpha value is -3.02. The zero-order valence-electron chi connectivity index (χ0n) is 13.0. The molecule has 0 atom stereocenters. The second-order valence-corrected chi connectivity index (χ2v) is 4.89. The first-order valence-corrected chi connectivity index (χ1v) is 7.08. The van der Waals surface area contributed by atoms with Crippen molar-refractivity contribution in [1.29, 1.82) is 0 Å². The van der Waals surface area contributed by atoms with Crippen molar-refractivity contribution in [3.05, 3.63) is 53.6 Å². The van der Waals surface area contributed by atoms with Crippen molar-refractivity contribution in [2.24, 2.45) is 5.10 Å². The van der Waals surface area contributed by atoms with Crippen molar-refractivity contribution in [3.8, 4) is 11.5 Å². The second kappa shape index (κ2) is 7.84. The molecule has 0 radical (unpaired) electrons. The summed E-state index contributed by atoms with van der Waals surface area (Å²) in [5, 5.41) is 16.4. The number of aromatic hydroxyl groups is 1. The lowest BCUT2D eigenvalue weighted by molar-refractivity contribution is -0.119. The highest BCUT2D eigenvalue weighted by molar-refractivity contribution is 5.84. The first-order chi connectivity index (χ1) is 11.1. The number of phenolic OH excluding ortho intramolecular Hbond substituents is 1. The number of nitrogens with zero attached hydrogens (tertiary/aromatic N) is 1. The van der Waals surface area contributed by atoms with E-state index in [0.717, 1.165) is 11.3 Å². The molecule has 0 saturated carbocycles. The summed E-state index contributed by atoms with van der Waals surface area (Å²) in [5.41, 5.74) is 5.12. The fourth-order valence-electron chi connectivity index (χ4n) is 1.94. The number of amides is 1. The number of hydrogen-bond acceptors (Lipinski definition) is 5. The van der Waals surface area contributed by atoms with E-state index in [1.165, 1.54) is 19.4 Å². The van der Waals surface area contributed by atoms with Gasteiger partial charge in [0.25, 0.3) is 5.91 Å². The highest BCUT2D eigenvalue weighted by Crippen LogP contribution is 2.25. The highest BCUT2D eigenvalue weighted by atomic mass is 16.5. The Morgan fingerprint density at radius 1 is 1.30 bits per heavy atom. The van der Waals surface area contributed by atoms with Crippen LogP contribution in [0.5, 0.6) is 11.5 Å². The number of carbonyl (C=O) groups is 1. The van der Waals surface area contributed by atoms with E-state index in [0.29, 0.717) is 11.3 Å². The molecule has 0 aliphatic carbocycles. The van der Waals surface area contributed by atoms with E-state index in [2.05, 4.69) is 15.8 Å². The number of ether oxygens (including phenoxy) is 1. The van der Waals surface area contributed by atoms with Crippen LogP contribution < -0.4 is 15.5 Å². The van der Waals surface area contributed by atoms with Crippen molar-refractivity contribution >= 4 is 17.8 Å². The van der Waals surface area contributed by atoms with E-state index in [-0.39, 0.29) is 18.2 Å². The number of benzene rings is 2. The van der Waals surface area contributed by atoms with E-state index in [1.54, 1.807) is 12.1 Å². The van der Waals surface area contributed by atoms with Crippen LogP contribution >= 0.6 is 0 Å². The molecule has 23 heavy (non-hydrogen) atoms. The predicted octanol–water partition coefficient (Wildman–Crippen LogP) is 2.27. The van der Waals surface area contributed by atoms with Gasteiger partial charge in [0.15, 0.2) is 11.5 Å². The van der Waals surface area contributed by atoms with Crippen LogP contribution in [0.3, 0.4) is 0 Å². The predicted molar refractivity (Wildman–Crippen MR) is 90.1 cm³/mol. The van der Waals surface area contributed by atoms with Gasteiger partial charge < -0.3 is 15.2 Å². The lowest BCUT2D eigenvalue weighted by Crippen LogP contribution is -2.26. The molecule has 0 aromatic heterocycles. The first-order valence-electron chi connectivity index (χ1n) is 7.08. The van der Waals surface area contributed by atoms with Gasteiger partial charge in [-0.3, -0.25) is 4.79 Å². The number of hydrazone groups is 1. The van der Waals surface area contributed by atoms with E-state index >= 15 is 0 Å². The summed E-state index contributed by atoms with van der Waals surface area (Å²) in [6, 6.07) is 12.5. The topological polar surface area (TPSA) is 83.0 Å². The standard InChI is InChI=1S/C17H19N3O3/c1-12-5-3-4-6-14(12)18-11-17(22)20-19-10-13-7-8-15(21)16(9-13)23-2/h3-10,18,21H,11H2,1-2H3,(H,20,22). The molecule has 2 aromatic rings. The molecule has 0 heterocycles. The third kappa shape index (κ3) is 4.74. The van der Waals surface area contributed by atoms with Crippen LogP contribution in [0.1, 0.15) is 11.1 Å². The van der Waals surface area contributed by atoms with Gasteiger partial charge in [-0.05, 0) is 42.3 Å². The first kappa shape index (κ1) is 16.4. The molecule has 0 saturated heterocycles. The summed E-state index contributed by atoms with van der Waals surface area (Å²) < 4.78 is 5.00. The minimum atomic E-state index is -0.254. The highest BCUT2D eigenvalue weighted by Gasteiger charge is 2.02. The maximum absolute atomic E-state index is 11.7. The molecule has 120 valence electrons. The van der Waals surface area contributed by atoms with Gasteiger partial charge >= 0.3 is 0 Å². The summed E-state index contributed by atoms with van der Waals surface area (Å²) in [7, 11) is 1.47. The molecule has 1 amide bonds. The minimum Gasteiger partial charge on any atom is -0.504 e. The third-order valence-corrected chi connectivity index (χ3v) is 3.19. The zero-order valence-corrected chi connectivity index (χ0v) is 13.0. The fourth-order valence-corrected chi connectivity index (χ4v) is 1.94. The quantitative estimate of drug-likeness (QED) is 0.564. The van der Waals surface area contributed by atoms with E-state index in [9.17, 15) is 9.90 Å². The number of nitrogens with one attached hydrogen (secondary N) is 2. The molecule has 0 unspecified atom stereocenters. The largest absolute Gasteiger partial charge is 0.504 e. The smallest absolute Gasteiger partial charge is 0.259 e. The fraction of sp³-hybridized carbons (Fsp3) is 0.176. The summed E-state index contributed by atoms with van der Waals surface area (Å²) in [5.74, 6) is 0.146. The molecule has 6 heteroatoms. The second-order valence-electron chi connectivity index (χ2n) is 4.89. The Morgan fingerprint density at radius 3 is 2.83 bits per heavy atom. The molecule has 3 N–H and O–H groups in total. The maximum Gasteiger partial charge on any atom is 0.259 e. The number of anilines is 1. The number of para-hydroxylation sites is 1. The summed E-state index contributed by atoms with van der Waals surface area (Å²) in [4.78, 5) is 11.7. The Kier molecular flexibility index (Phi) is 5.57. The molecule has 0 fully saturated rings. The molecule has 2 aromatic carbocycles. The van der Waals surface area contributed by atoms with Gasteiger partial charge in [0.1, 0.15) is 0 Å². The van der Waals surface area contributed by atoms with Gasteiger partial charge in [0.05, 0.1) is 19.9 Å². The Morgan fingerprint density at radius 2 is 2.09 bits per heavy atom. The van der Waals surface area contributed by atoms with Gasteiger partial charge in [-0.15, -0.1) is 0 Å². The van der Waals surface area contributed by atoms with E-state index < -0.39 is 0 Å². The Balaban J connectivity index is 1.85. The number of phenols is 1. The number of carbonyl (C=O) groups excluding carboxylic acids is 1. The van der Waals surface area contributed by atoms with Crippen molar-refractivity contribution in [2.45, 2.75) is 6.92 Å². The lowest BCUT2D eigenvalue weighted by Gasteiger charge is -2.07. The van der Waals surface area contributed by atoms with Crippen molar-refractivity contribution in [2.75, 3.05) is 19.0 Å². The minimum absolute atomic E-state index is 0.0520. The molecular formula is C17H19N3O3. The monoisotopic (exact) mass is 313 g/mol. The SMILES string of the molecule is COc1cc(C=NNC(=O)CNc2ccccc2C)ccc1O. The van der Waals surface area contributed by atoms with Crippen LogP contribution in [-0.2, 0) is 4.79 Å². The van der Waals surface area contributed by atoms with Crippen LogP contribution in [0.4, 0.5) is 5.69 Å². The van der Waals surface area contributed by atoms with Crippen LogP contribution in [0.25, 0.3) is 0 Å². The zero-order chi connectivity index (χ0) is 16.7. The number of methoxy groups -OCH3 is 1. The molecular weight excluding hydrogens is 294 g/mol. The van der Waals surface area contributed by atoms with Crippen LogP contribution in [-0.4, -0.2) is 30.9 Å². The van der Waals surface area contributed by atoms with Crippen LogP contribution in [0.2, 0.25) is 0 Å². The van der Waals surface area contributed by atoms with Crippen molar-refractivity contribution in [3.63, 3.8) is 0 Å². The number of rotatable bonds is 6. The maximum atomic E-state index is 11.7. The van der Waals surface area contributed by atoms with Crippen LogP contribution in [0.15, 0.2) is 47.6 Å². The van der Waals surface area contributed by atoms with Crippen molar-refractivity contribution < 1.29 is 14.6 Å². The number of hydrogen-bond donors (Lipinski definition) is 3. The number of aryl methyl sites for hydroxylation is 1. The summed E-state index contributed by atoms with van der Waals surface area (Å²) in [6.07, 6.45) is 1.48. The summed E-state index contributed by atoms with van der Waals surface area (Å²) >= 11 is 0. The Bertz CT molecular complexity index is 714. The van der Waals surface area contributed by atoms with Gasteiger partial charge in [-0.2, -0.15) is 5.10 Å². The average Bonchev–Trinajstić information content (AvgIpc) is 2.55. The molecule has 6 nitrogen and oxygen atoms in total. The molecule has 0 aliphatic rings. The summed E-state index contributed by atoms with van der Waals surface area (Å²) in [6.45, 7) is 2.09. The lowest BCUT2D eigenvalue weighted by atomic mass is 10.2. The van der Waals surface area contributed by atoms with E-state index in [1.807, 2.05) is 31.2 Å². The van der Waals surface area contributed by atoms with E-state index in [4.69, 9.17) is 4.74 Å². The average molecular weight is 313 g/mol. The van der Waals surface area contributed by atoms with Gasteiger partial charge in [-0.1, -0.05) is 18.2 Å². The van der Waals surface area contributed by atoms with Crippen LogP contribution in [0, 0.1) is 6.92 Å². The molecule has 0 bridgehead atoms. The van der Waals surface area contributed by atoms with Gasteiger partial charge in [-0.25, -0.2) is 5.43 Å². The van der Waals surface area contributed by atoms with Gasteiger partial charge in [0, 0.05) is 5.69 Å². The Labute approximate surface area is 134 Å². The molecule has 2 rings (SSSR count). The molecule has 0 aliphatic heterocycles. The normalized spacial score (nSPS) is 10.5. The molecule has 0 spiro atoms.